The van der Waals surface area contributed by atoms with Crippen LogP contribution in [0.1, 0.15) is 29.0 Å². The first-order chi connectivity index (χ1) is 16.8. The van der Waals surface area contributed by atoms with Gasteiger partial charge in [0, 0.05) is 36.8 Å². The molecule has 1 N–H and O–H groups in total. The van der Waals surface area contributed by atoms with Gasteiger partial charge in [-0.25, -0.2) is 22.5 Å². The van der Waals surface area contributed by atoms with Gasteiger partial charge < -0.3 is 9.30 Å². The zero-order valence-electron chi connectivity index (χ0n) is 19.5. The van der Waals surface area contributed by atoms with E-state index in [0.717, 1.165) is 42.6 Å². The molecule has 1 aliphatic carbocycles. The number of sulfonamides is 1. The van der Waals surface area contributed by atoms with E-state index >= 15 is 0 Å². The number of likely N-dealkylation sites (tertiary alicyclic amines) is 1. The quantitative estimate of drug-likeness (QED) is 0.439. The van der Waals surface area contributed by atoms with Gasteiger partial charge in [-0.3, -0.25) is 4.90 Å². The van der Waals surface area contributed by atoms with Crippen molar-refractivity contribution < 1.29 is 17.5 Å². The van der Waals surface area contributed by atoms with Gasteiger partial charge in [0.15, 0.2) is 16.6 Å². The number of hydrogen-bond donors (Lipinski definition) is 1. The average Bonchev–Trinajstić information content (AvgIpc) is 3.35. The Morgan fingerprint density at radius 2 is 2.09 bits per heavy atom. The number of benzene rings is 2. The zero-order chi connectivity index (χ0) is 24.6. The minimum absolute atomic E-state index is 0.00220. The van der Waals surface area contributed by atoms with Gasteiger partial charge in [-0.05, 0) is 73.3 Å². The Balaban J connectivity index is 1.30. The second-order valence-corrected chi connectivity index (χ2v) is 11.4. The first-order valence-corrected chi connectivity index (χ1v) is 13.6. The molecule has 186 valence electrons. The molecule has 2 heterocycles. The zero-order valence-corrected chi connectivity index (χ0v) is 21.0. The van der Waals surface area contributed by atoms with E-state index in [1.54, 1.807) is 23.7 Å². The fraction of sp³-hybridized carbons (Fsp3) is 0.400. The number of nitrogens with one attached hydrogen (secondary N) is 1. The van der Waals surface area contributed by atoms with Gasteiger partial charge in [0.2, 0.25) is 0 Å². The van der Waals surface area contributed by atoms with Crippen molar-refractivity contribution >= 4 is 21.6 Å². The van der Waals surface area contributed by atoms with Gasteiger partial charge >= 0.3 is 0 Å². The molecule has 10 heteroatoms. The lowest BCUT2D eigenvalue weighted by atomic mass is 9.89. The summed E-state index contributed by atoms with van der Waals surface area (Å²) in [5.74, 6) is -0.0855. The maximum Gasteiger partial charge on any atom is 0.259 e. The molecule has 1 saturated heterocycles. The summed E-state index contributed by atoms with van der Waals surface area (Å²) in [5, 5.41) is 0.641. The Labute approximate surface area is 209 Å². The van der Waals surface area contributed by atoms with Crippen molar-refractivity contribution in [1.82, 2.24) is 19.2 Å². The number of aryl methyl sites for hydroxylation is 1. The second kappa shape index (κ2) is 9.89. The molecule has 0 amide bonds. The molecule has 1 aromatic heterocycles. The Morgan fingerprint density at radius 1 is 1.26 bits per heavy atom. The van der Waals surface area contributed by atoms with E-state index < -0.39 is 15.8 Å². The fourth-order valence-electron chi connectivity index (χ4n) is 4.98. The molecule has 2 aliphatic rings. The highest BCUT2D eigenvalue weighted by molar-refractivity contribution is 7.89. The van der Waals surface area contributed by atoms with Crippen molar-refractivity contribution in [3.8, 4) is 5.75 Å². The predicted octanol–water partition coefficient (Wildman–Crippen LogP) is 3.53. The van der Waals surface area contributed by atoms with E-state index in [1.807, 2.05) is 18.2 Å². The molecular weight excluding hydrogens is 491 g/mol. The van der Waals surface area contributed by atoms with Crippen LogP contribution in [0.2, 0.25) is 5.02 Å². The summed E-state index contributed by atoms with van der Waals surface area (Å²) in [5.41, 5.74) is 3.25. The van der Waals surface area contributed by atoms with Crippen LogP contribution < -0.4 is 9.46 Å². The Bertz CT molecular complexity index is 1330. The minimum Gasteiger partial charge on any atom is -0.489 e. The highest BCUT2D eigenvalue weighted by Gasteiger charge is 2.39. The summed E-state index contributed by atoms with van der Waals surface area (Å²) in [6, 6.07) is 11.6. The molecule has 1 fully saturated rings. The molecule has 5 rings (SSSR count). The average molecular weight is 519 g/mol. The number of ether oxygens (including phenoxy) is 1. The van der Waals surface area contributed by atoms with Gasteiger partial charge in [-0.15, -0.1) is 0 Å². The van der Waals surface area contributed by atoms with Crippen LogP contribution in [-0.4, -0.2) is 55.2 Å². The third kappa shape index (κ3) is 5.23. The monoisotopic (exact) mass is 518 g/mol. The molecule has 1 aliphatic heterocycles. The highest BCUT2D eigenvalue weighted by atomic mass is 35.5. The third-order valence-corrected chi connectivity index (χ3v) is 8.38. The van der Waals surface area contributed by atoms with Crippen molar-refractivity contribution in [3.63, 3.8) is 0 Å². The van der Waals surface area contributed by atoms with Gasteiger partial charge in [0.1, 0.15) is 6.61 Å². The Kier molecular flexibility index (Phi) is 6.85. The summed E-state index contributed by atoms with van der Waals surface area (Å²) in [6.45, 7) is 2.12. The molecule has 0 spiro atoms. The smallest absolute Gasteiger partial charge is 0.259 e. The van der Waals surface area contributed by atoms with Crippen molar-refractivity contribution in [2.45, 2.75) is 36.2 Å². The van der Waals surface area contributed by atoms with E-state index in [4.69, 9.17) is 16.3 Å². The first kappa shape index (κ1) is 24.2. The van der Waals surface area contributed by atoms with Crippen molar-refractivity contribution in [2.75, 3.05) is 26.2 Å². The molecular formula is C25H28ClFN4O3S. The van der Waals surface area contributed by atoms with Crippen LogP contribution in [0.25, 0.3) is 0 Å². The number of rotatable bonds is 9. The van der Waals surface area contributed by atoms with E-state index in [2.05, 4.69) is 20.7 Å². The molecule has 0 radical (unpaired) electrons. The molecule has 35 heavy (non-hydrogen) atoms. The topological polar surface area (TPSA) is 76.5 Å². The van der Waals surface area contributed by atoms with Crippen LogP contribution in [0.4, 0.5) is 4.39 Å². The minimum atomic E-state index is -3.75. The summed E-state index contributed by atoms with van der Waals surface area (Å²) in [4.78, 5) is 6.33. The SMILES string of the molecule is Cn1cnc(S(=O)(=O)NCCOc2cc3c(cc2F)CC(N2CCC2)C3Cc2cccc(Cl)c2)c1. The lowest BCUT2D eigenvalue weighted by Gasteiger charge is -2.39. The normalized spacial score (nSPS) is 20.0. The highest BCUT2D eigenvalue weighted by Crippen LogP contribution is 2.42. The van der Waals surface area contributed by atoms with Gasteiger partial charge in [0.25, 0.3) is 10.0 Å². The fourth-order valence-corrected chi connectivity index (χ4v) is 6.18. The van der Waals surface area contributed by atoms with Crippen molar-refractivity contribution in [3.05, 3.63) is 76.5 Å². The van der Waals surface area contributed by atoms with E-state index in [1.165, 1.54) is 18.9 Å². The number of aromatic nitrogens is 2. The maximum absolute atomic E-state index is 14.9. The van der Waals surface area contributed by atoms with Crippen LogP contribution in [0, 0.1) is 5.82 Å². The largest absolute Gasteiger partial charge is 0.489 e. The van der Waals surface area contributed by atoms with Gasteiger partial charge in [-0.1, -0.05) is 23.7 Å². The molecule has 2 aromatic carbocycles. The predicted molar refractivity (Wildman–Crippen MR) is 132 cm³/mol. The van der Waals surface area contributed by atoms with E-state index in [-0.39, 0.29) is 29.8 Å². The third-order valence-electron chi connectivity index (χ3n) is 6.80. The summed E-state index contributed by atoms with van der Waals surface area (Å²) >= 11 is 6.22. The van der Waals surface area contributed by atoms with Gasteiger partial charge in [-0.2, -0.15) is 0 Å². The molecule has 0 saturated carbocycles. The van der Waals surface area contributed by atoms with Crippen molar-refractivity contribution in [1.29, 1.82) is 0 Å². The first-order valence-electron chi connectivity index (χ1n) is 11.7. The van der Waals surface area contributed by atoms with Crippen LogP contribution in [0.5, 0.6) is 5.75 Å². The summed E-state index contributed by atoms with van der Waals surface area (Å²) in [6.07, 6.45) is 5.63. The van der Waals surface area contributed by atoms with Crippen LogP contribution in [0.15, 0.2) is 53.9 Å². The molecule has 2 unspecified atom stereocenters. The number of fused-ring (bicyclic) bond motifs is 1. The van der Waals surface area contributed by atoms with Crippen LogP contribution in [0.3, 0.4) is 0 Å². The summed E-state index contributed by atoms with van der Waals surface area (Å²) in [7, 11) is -2.05. The Morgan fingerprint density at radius 3 is 2.77 bits per heavy atom. The lowest BCUT2D eigenvalue weighted by molar-refractivity contribution is 0.106. The Hall–Kier alpha value is -2.46. The van der Waals surface area contributed by atoms with Crippen molar-refractivity contribution in [2.24, 2.45) is 7.05 Å². The van der Waals surface area contributed by atoms with E-state index in [9.17, 15) is 12.8 Å². The lowest BCUT2D eigenvalue weighted by Crippen LogP contribution is -2.47. The summed E-state index contributed by atoms with van der Waals surface area (Å²) < 4.78 is 49.2. The second-order valence-electron chi connectivity index (χ2n) is 9.21. The number of hydrogen-bond acceptors (Lipinski definition) is 5. The van der Waals surface area contributed by atoms with Crippen LogP contribution in [-0.2, 0) is 29.9 Å². The maximum atomic E-state index is 14.9. The number of imidazole rings is 1. The molecule has 0 bridgehead atoms. The van der Waals surface area contributed by atoms with Gasteiger partial charge in [0.05, 0.1) is 6.33 Å². The van der Waals surface area contributed by atoms with Crippen LogP contribution >= 0.6 is 11.6 Å². The van der Waals surface area contributed by atoms with E-state index in [0.29, 0.717) is 11.1 Å². The standard InChI is InChI=1S/C25H28ClFN4O3S/c1-30-15-25(28-16-30)35(32,33)29-6-9-34-24-14-20-18(12-22(24)27)13-23(31-7-3-8-31)21(20)11-17-4-2-5-19(26)10-17/h2,4-5,10,12,14-16,21,23,29H,3,6-9,11,13H2,1H3. The number of nitrogens with zero attached hydrogens (tertiary/aromatic N) is 3. The molecule has 2 atom stereocenters. The number of halogens is 2. The molecule has 7 nitrogen and oxygen atoms in total. The molecule has 3 aromatic rings.